The van der Waals surface area contributed by atoms with Gasteiger partial charge in [-0.2, -0.15) is 0 Å². The molecular weight excluding hydrogens is 620 g/mol. The van der Waals surface area contributed by atoms with Gasteiger partial charge >= 0.3 is 0 Å². The van der Waals surface area contributed by atoms with E-state index in [1.54, 1.807) is 0 Å². The van der Waals surface area contributed by atoms with Gasteiger partial charge in [0, 0.05) is 0 Å². The lowest BCUT2D eigenvalue weighted by Gasteiger charge is -2.49. The fourth-order valence-electron chi connectivity index (χ4n) is 5.75. The molecule has 45 heavy (non-hydrogen) atoms. The van der Waals surface area contributed by atoms with Crippen LogP contribution in [0, 0.1) is 0 Å². The van der Waals surface area contributed by atoms with E-state index in [9.17, 15) is 66.4 Å². The summed E-state index contributed by atoms with van der Waals surface area (Å²) in [7, 11) is 0. The normalized spacial score (nSPS) is 52.9. The van der Waals surface area contributed by atoms with E-state index in [2.05, 4.69) is 0 Å². The highest BCUT2D eigenvalue weighted by molar-refractivity contribution is 4.98. The summed E-state index contributed by atoms with van der Waals surface area (Å²) in [5.74, 6) is 0. The number of aliphatic hydroxyl groups is 13. The maximum atomic E-state index is 10.9. The maximum absolute atomic E-state index is 10.9. The smallest absolute Gasteiger partial charge is 0.187 e. The molecule has 4 aliphatic rings. The van der Waals surface area contributed by atoms with Gasteiger partial charge in [0.1, 0.15) is 97.7 Å². The molecule has 0 aromatic heterocycles. The van der Waals surface area contributed by atoms with E-state index in [1.807, 2.05) is 0 Å². The van der Waals surface area contributed by atoms with Crippen molar-refractivity contribution in [1.29, 1.82) is 0 Å². The van der Waals surface area contributed by atoms with Gasteiger partial charge in [-0.15, -0.1) is 0 Å². The Morgan fingerprint density at radius 2 is 0.689 bits per heavy atom. The monoisotopic (exact) mass is 664 g/mol. The highest BCUT2D eigenvalue weighted by Gasteiger charge is 2.54. The summed E-state index contributed by atoms with van der Waals surface area (Å²) in [6, 6.07) is 0. The second-order valence-corrected chi connectivity index (χ2v) is 11.5. The van der Waals surface area contributed by atoms with Crippen molar-refractivity contribution in [3.05, 3.63) is 0 Å². The second kappa shape index (κ2) is 15.6. The summed E-state index contributed by atoms with van der Waals surface area (Å²) < 4.78 is 38.4. The van der Waals surface area contributed by atoms with Crippen LogP contribution in [0.1, 0.15) is 6.92 Å². The van der Waals surface area contributed by atoms with Crippen molar-refractivity contribution < 1.29 is 99.5 Å². The molecule has 0 aromatic rings. The van der Waals surface area contributed by atoms with Gasteiger partial charge < -0.3 is 99.5 Å². The summed E-state index contributed by atoms with van der Waals surface area (Å²) in [5.41, 5.74) is 0. The quantitative estimate of drug-likeness (QED) is 0.103. The van der Waals surface area contributed by atoms with E-state index in [0.717, 1.165) is 0 Å². The molecule has 4 saturated heterocycles. The van der Waals surface area contributed by atoms with Crippen LogP contribution >= 0.6 is 0 Å². The summed E-state index contributed by atoms with van der Waals surface area (Å²) in [6.45, 7) is -1.70. The van der Waals surface area contributed by atoms with Crippen LogP contribution in [0.3, 0.4) is 0 Å². The first-order valence-electron chi connectivity index (χ1n) is 14.4. The predicted octanol–water partition coefficient (Wildman–Crippen LogP) is -8.68. The molecular formula is C25H44O20. The van der Waals surface area contributed by atoms with Crippen LogP contribution in [0.15, 0.2) is 0 Å². The standard InChI is InChI=1S/C25H44O20/c1-6-11(30)14(33)20(8(3-27)39-6)43-24-18(37)16(35)22(10(5-29)41-24)45-25-19(38)15(34)21(9(4-28)42-25)44-23-17(36)13(32)12(31)7(2-26)40-23/h6-38H,2-5H2,1H3. The summed E-state index contributed by atoms with van der Waals surface area (Å²) in [5, 5.41) is 133. The highest BCUT2D eigenvalue weighted by atomic mass is 16.8. The van der Waals surface area contributed by atoms with E-state index in [1.165, 1.54) is 6.92 Å². The summed E-state index contributed by atoms with van der Waals surface area (Å²) in [4.78, 5) is 0. The highest BCUT2D eigenvalue weighted by Crippen LogP contribution is 2.34. The Morgan fingerprint density at radius 3 is 1.07 bits per heavy atom. The second-order valence-electron chi connectivity index (χ2n) is 11.5. The Morgan fingerprint density at radius 1 is 0.378 bits per heavy atom. The molecule has 0 saturated carbocycles. The van der Waals surface area contributed by atoms with Crippen LogP contribution in [0.4, 0.5) is 0 Å². The lowest BCUT2D eigenvalue weighted by Crippen LogP contribution is -2.67. The van der Waals surface area contributed by atoms with Gasteiger partial charge in [-0.3, -0.25) is 0 Å². The molecule has 20 nitrogen and oxygen atoms in total. The molecule has 20 atom stereocenters. The largest absolute Gasteiger partial charge is 0.394 e. The van der Waals surface area contributed by atoms with Gasteiger partial charge in [0.2, 0.25) is 0 Å². The molecule has 0 aromatic carbocycles. The van der Waals surface area contributed by atoms with E-state index >= 15 is 0 Å². The van der Waals surface area contributed by atoms with Crippen LogP contribution < -0.4 is 0 Å². The third kappa shape index (κ3) is 7.45. The summed E-state index contributed by atoms with van der Waals surface area (Å²) >= 11 is 0. The topological polar surface area (TPSA) is 328 Å². The third-order valence-electron chi connectivity index (χ3n) is 8.47. The van der Waals surface area contributed by atoms with E-state index in [4.69, 9.17) is 33.2 Å². The van der Waals surface area contributed by atoms with Crippen molar-refractivity contribution in [2.45, 2.75) is 130 Å². The average molecular weight is 665 g/mol. The Labute approximate surface area is 256 Å². The number of hydrogen-bond donors (Lipinski definition) is 13. The van der Waals surface area contributed by atoms with Crippen molar-refractivity contribution in [3.8, 4) is 0 Å². The zero-order valence-electron chi connectivity index (χ0n) is 24.0. The molecule has 4 fully saturated rings. The van der Waals surface area contributed by atoms with Crippen LogP contribution in [0.2, 0.25) is 0 Å². The zero-order valence-corrected chi connectivity index (χ0v) is 24.0. The number of hydrogen-bond acceptors (Lipinski definition) is 20. The number of aliphatic hydroxyl groups excluding tert-OH is 13. The van der Waals surface area contributed by atoms with Gasteiger partial charge in [-0.25, -0.2) is 0 Å². The number of ether oxygens (including phenoxy) is 7. The van der Waals surface area contributed by atoms with Gasteiger partial charge in [0.25, 0.3) is 0 Å². The molecule has 13 N–H and O–H groups in total. The lowest BCUT2D eigenvalue weighted by molar-refractivity contribution is -0.385. The lowest BCUT2D eigenvalue weighted by atomic mass is 9.94. The van der Waals surface area contributed by atoms with Crippen molar-refractivity contribution >= 4 is 0 Å². The molecule has 4 aliphatic heterocycles. The first kappa shape index (κ1) is 37.0. The molecule has 20 heteroatoms. The zero-order chi connectivity index (χ0) is 33.3. The minimum atomic E-state index is -2.00. The Hall–Kier alpha value is -0.800. The Kier molecular flexibility index (Phi) is 12.8. The molecule has 0 aliphatic carbocycles. The Bertz CT molecular complexity index is 910. The first-order valence-corrected chi connectivity index (χ1v) is 14.4. The van der Waals surface area contributed by atoms with Gasteiger partial charge in [0.05, 0.1) is 32.5 Å². The van der Waals surface area contributed by atoms with Crippen LogP contribution in [-0.2, 0) is 33.2 Å². The van der Waals surface area contributed by atoms with E-state index < -0.39 is 149 Å². The molecule has 4 heterocycles. The van der Waals surface area contributed by atoms with Crippen molar-refractivity contribution in [2.75, 3.05) is 26.4 Å². The fraction of sp³-hybridized carbons (Fsp3) is 1.00. The van der Waals surface area contributed by atoms with Gasteiger partial charge in [-0.05, 0) is 6.92 Å². The third-order valence-corrected chi connectivity index (χ3v) is 8.47. The molecule has 0 amide bonds. The average Bonchev–Trinajstić information content (AvgIpc) is 3.03. The van der Waals surface area contributed by atoms with Crippen molar-refractivity contribution in [1.82, 2.24) is 0 Å². The van der Waals surface area contributed by atoms with Crippen molar-refractivity contribution in [2.24, 2.45) is 0 Å². The summed E-state index contributed by atoms with van der Waals surface area (Å²) in [6.07, 6.45) is -32.7. The van der Waals surface area contributed by atoms with E-state index in [0.29, 0.717) is 0 Å². The van der Waals surface area contributed by atoms with Crippen molar-refractivity contribution in [3.63, 3.8) is 0 Å². The molecule has 0 radical (unpaired) electrons. The fourth-order valence-corrected chi connectivity index (χ4v) is 5.75. The van der Waals surface area contributed by atoms with Gasteiger partial charge in [0.15, 0.2) is 18.9 Å². The number of rotatable bonds is 10. The SMILES string of the molecule is CC1OC(CO)C(OC2OC(CO)C(OC3OC(CO)C(OC4OC(CO)C(O)C(O)C4O)C(O)C3O)C(O)C2O)C(O)C1O. The minimum absolute atomic E-state index is 0.647. The van der Waals surface area contributed by atoms with Crippen LogP contribution in [0.25, 0.3) is 0 Å². The van der Waals surface area contributed by atoms with Gasteiger partial charge in [-0.1, -0.05) is 0 Å². The van der Waals surface area contributed by atoms with E-state index in [-0.39, 0.29) is 0 Å². The molecule has 264 valence electrons. The molecule has 4 rings (SSSR count). The minimum Gasteiger partial charge on any atom is -0.394 e. The molecule has 0 bridgehead atoms. The van der Waals surface area contributed by atoms with Crippen LogP contribution in [-0.4, -0.2) is 215 Å². The first-order chi connectivity index (χ1) is 21.3. The Balaban J connectivity index is 1.43. The molecule has 20 unspecified atom stereocenters. The van der Waals surface area contributed by atoms with Crippen LogP contribution in [0.5, 0.6) is 0 Å². The predicted molar refractivity (Wildman–Crippen MR) is 137 cm³/mol. The maximum Gasteiger partial charge on any atom is 0.187 e. The molecule has 0 spiro atoms.